The van der Waals surface area contributed by atoms with E-state index in [0.29, 0.717) is 25.1 Å². The molecule has 25 heavy (non-hydrogen) atoms. The molecule has 1 aliphatic rings. The van der Waals surface area contributed by atoms with Crippen molar-refractivity contribution in [3.63, 3.8) is 0 Å². The summed E-state index contributed by atoms with van der Waals surface area (Å²) in [5.41, 5.74) is 0.884. The van der Waals surface area contributed by atoms with Crippen LogP contribution in [-0.2, 0) is 20.9 Å². The Morgan fingerprint density at radius 2 is 1.76 bits per heavy atom. The standard InChI is InChI=1S/C19H19NO5/c21-18(16-9-10-17(25-16)19(22)23)20-12-13-5-4-8-15(11-13)24-14-6-2-1-3-7-14/h1-8,11,16-17H,9-10,12H2,(H,20,21)(H,22,23)/t16-,17+/m0/s1. The number of hydrogen-bond acceptors (Lipinski definition) is 4. The SMILES string of the molecule is O=C(NCc1cccc(Oc2ccccc2)c1)[C@@H]1CC[C@H](C(=O)O)O1. The molecule has 0 saturated carbocycles. The number of ether oxygens (including phenoxy) is 2. The van der Waals surface area contributed by atoms with Crippen molar-refractivity contribution in [3.8, 4) is 11.5 Å². The summed E-state index contributed by atoms with van der Waals surface area (Å²) in [4.78, 5) is 23.0. The molecule has 1 heterocycles. The first-order valence-corrected chi connectivity index (χ1v) is 8.09. The summed E-state index contributed by atoms with van der Waals surface area (Å²) in [6, 6.07) is 16.9. The zero-order valence-electron chi connectivity index (χ0n) is 13.6. The first-order chi connectivity index (χ1) is 12.1. The van der Waals surface area contributed by atoms with Gasteiger partial charge in [0, 0.05) is 6.54 Å². The molecule has 2 aromatic rings. The number of rotatable bonds is 6. The molecule has 1 saturated heterocycles. The maximum atomic E-state index is 12.1. The normalized spacial score (nSPS) is 19.4. The number of amides is 1. The van der Waals surface area contributed by atoms with Crippen LogP contribution in [0.3, 0.4) is 0 Å². The van der Waals surface area contributed by atoms with Crippen molar-refractivity contribution < 1.29 is 24.2 Å². The van der Waals surface area contributed by atoms with Crippen molar-refractivity contribution in [1.82, 2.24) is 5.32 Å². The van der Waals surface area contributed by atoms with Gasteiger partial charge in [0.1, 0.15) is 17.6 Å². The topological polar surface area (TPSA) is 84.9 Å². The molecule has 2 N–H and O–H groups in total. The number of aliphatic carboxylic acids is 1. The molecule has 6 heteroatoms. The molecule has 6 nitrogen and oxygen atoms in total. The average molecular weight is 341 g/mol. The molecule has 0 aliphatic carbocycles. The van der Waals surface area contributed by atoms with Crippen LogP contribution in [0.1, 0.15) is 18.4 Å². The van der Waals surface area contributed by atoms with Crippen molar-refractivity contribution >= 4 is 11.9 Å². The average Bonchev–Trinajstić information content (AvgIpc) is 3.11. The first kappa shape index (κ1) is 17.0. The zero-order chi connectivity index (χ0) is 17.6. The number of carboxylic acids is 1. The lowest BCUT2D eigenvalue weighted by atomic mass is 10.1. The molecule has 2 atom stereocenters. The maximum Gasteiger partial charge on any atom is 0.332 e. The molecule has 0 spiro atoms. The highest BCUT2D eigenvalue weighted by molar-refractivity contribution is 5.82. The number of carboxylic acid groups (broad SMARTS) is 1. The number of carbonyl (C=O) groups excluding carboxylic acids is 1. The second-order valence-corrected chi connectivity index (χ2v) is 5.81. The minimum atomic E-state index is -1.03. The summed E-state index contributed by atoms with van der Waals surface area (Å²) in [6.45, 7) is 0.322. The van der Waals surface area contributed by atoms with E-state index in [9.17, 15) is 9.59 Å². The summed E-state index contributed by atoms with van der Waals surface area (Å²) in [5.74, 6) is 0.1000. The fraction of sp³-hybridized carbons (Fsp3) is 0.263. The Morgan fingerprint density at radius 3 is 2.48 bits per heavy atom. The molecule has 0 bridgehead atoms. The largest absolute Gasteiger partial charge is 0.479 e. The van der Waals surface area contributed by atoms with Gasteiger partial charge in [-0.3, -0.25) is 4.79 Å². The molecule has 130 valence electrons. The van der Waals surface area contributed by atoms with Crippen LogP contribution in [0.4, 0.5) is 0 Å². The lowest BCUT2D eigenvalue weighted by Gasteiger charge is -2.12. The molecule has 1 fully saturated rings. The summed E-state index contributed by atoms with van der Waals surface area (Å²) in [6.07, 6.45) is -0.823. The van der Waals surface area contributed by atoms with E-state index in [-0.39, 0.29) is 5.91 Å². The van der Waals surface area contributed by atoms with Gasteiger partial charge in [0.2, 0.25) is 5.91 Å². The number of benzene rings is 2. The van der Waals surface area contributed by atoms with Gasteiger partial charge in [0.15, 0.2) is 6.10 Å². The van der Waals surface area contributed by atoms with E-state index in [2.05, 4.69) is 5.32 Å². The minimum absolute atomic E-state index is 0.293. The maximum absolute atomic E-state index is 12.1. The van der Waals surface area contributed by atoms with E-state index in [1.165, 1.54) is 0 Å². The smallest absolute Gasteiger partial charge is 0.332 e. The van der Waals surface area contributed by atoms with Gasteiger partial charge in [-0.2, -0.15) is 0 Å². The number of nitrogens with one attached hydrogen (secondary N) is 1. The van der Waals surface area contributed by atoms with Gasteiger partial charge in [0.25, 0.3) is 0 Å². The highest BCUT2D eigenvalue weighted by atomic mass is 16.5. The fourth-order valence-electron chi connectivity index (χ4n) is 2.66. The third-order valence-corrected chi connectivity index (χ3v) is 3.93. The van der Waals surface area contributed by atoms with E-state index in [1.807, 2.05) is 54.6 Å². The van der Waals surface area contributed by atoms with Crippen LogP contribution < -0.4 is 10.1 Å². The monoisotopic (exact) mass is 341 g/mol. The van der Waals surface area contributed by atoms with Crippen molar-refractivity contribution in [2.24, 2.45) is 0 Å². The van der Waals surface area contributed by atoms with E-state index < -0.39 is 18.2 Å². The third-order valence-electron chi connectivity index (χ3n) is 3.93. The van der Waals surface area contributed by atoms with Gasteiger partial charge in [-0.05, 0) is 42.7 Å². The van der Waals surface area contributed by atoms with Crippen molar-refractivity contribution in [2.45, 2.75) is 31.6 Å². The molecule has 3 rings (SSSR count). The molecule has 0 unspecified atom stereocenters. The Kier molecular flexibility index (Phi) is 5.30. The van der Waals surface area contributed by atoms with Gasteiger partial charge in [-0.25, -0.2) is 4.79 Å². The predicted octanol–water partition coefficient (Wildman–Crippen LogP) is 2.73. The van der Waals surface area contributed by atoms with Crippen molar-refractivity contribution in [3.05, 3.63) is 60.2 Å². The van der Waals surface area contributed by atoms with E-state index in [1.54, 1.807) is 0 Å². The van der Waals surface area contributed by atoms with Crippen LogP contribution in [0.2, 0.25) is 0 Å². The Labute approximate surface area is 145 Å². The fourth-order valence-corrected chi connectivity index (χ4v) is 2.66. The highest BCUT2D eigenvalue weighted by Gasteiger charge is 2.34. The highest BCUT2D eigenvalue weighted by Crippen LogP contribution is 2.22. The molecule has 1 amide bonds. The molecular formula is C19H19NO5. The second kappa shape index (κ2) is 7.81. The second-order valence-electron chi connectivity index (χ2n) is 5.81. The van der Waals surface area contributed by atoms with Gasteiger partial charge in [-0.15, -0.1) is 0 Å². The summed E-state index contributed by atoms with van der Waals surface area (Å²) < 4.78 is 11.0. The molecule has 1 aliphatic heterocycles. The zero-order valence-corrected chi connectivity index (χ0v) is 13.6. The van der Waals surface area contributed by atoms with E-state index in [0.717, 1.165) is 11.3 Å². The molecular weight excluding hydrogens is 322 g/mol. The molecule has 0 aromatic heterocycles. The Morgan fingerprint density at radius 1 is 1.04 bits per heavy atom. The Hall–Kier alpha value is -2.86. The molecule has 2 aromatic carbocycles. The van der Waals surface area contributed by atoms with Crippen LogP contribution >= 0.6 is 0 Å². The predicted molar refractivity (Wildman–Crippen MR) is 90.3 cm³/mol. The van der Waals surface area contributed by atoms with Gasteiger partial charge in [-0.1, -0.05) is 30.3 Å². The lowest BCUT2D eigenvalue weighted by molar-refractivity contribution is -0.151. The van der Waals surface area contributed by atoms with Crippen LogP contribution in [0, 0.1) is 0 Å². The van der Waals surface area contributed by atoms with Crippen LogP contribution in [-0.4, -0.2) is 29.2 Å². The Bertz CT molecular complexity index is 746. The quantitative estimate of drug-likeness (QED) is 0.844. The minimum Gasteiger partial charge on any atom is -0.479 e. The van der Waals surface area contributed by atoms with Crippen molar-refractivity contribution in [2.75, 3.05) is 0 Å². The number of para-hydroxylation sites is 1. The van der Waals surface area contributed by atoms with Gasteiger partial charge < -0.3 is 19.9 Å². The van der Waals surface area contributed by atoms with E-state index >= 15 is 0 Å². The van der Waals surface area contributed by atoms with Gasteiger partial charge >= 0.3 is 5.97 Å². The summed E-state index contributed by atoms with van der Waals surface area (Å²) >= 11 is 0. The van der Waals surface area contributed by atoms with Crippen LogP contribution in [0.25, 0.3) is 0 Å². The lowest BCUT2D eigenvalue weighted by Crippen LogP contribution is -2.35. The number of carbonyl (C=O) groups is 2. The molecule has 0 radical (unpaired) electrons. The third kappa shape index (κ3) is 4.58. The van der Waals surface area contributed by atoms with Crippen LogP contribution in [0.5, 0.6) is 11.5 Å². The van der Waals surface area contributed by atoms with Crippen LogP contribution in [0.15, 0.2) is 54.6 Å². The Balaban J connectivity index is 1.54. The van der Waals surface area contributed by atoms with Gasteiger partial charge in [0.05, 0.1) is 0 Å². The number of hydrogen-bond donors (Lipinski definition) is 2. The summed E-state index contributed by atoms with van der Waals surface area (Å²) in [7, 11) is 0. The summed E-state index contributed by atoms with van der Waals surface area (Å²) in [5, 5.41) is 11.7. The first-order valence-electron chi connectivity index (χ1n) is 8.09. The van der Waals surface area contributed by atoms with E-state index in [4.69, 9.17) is 14.6 Å². The van der Waals surface area contributed by atoms with Crippen molar-refractivity contribution in [1.29, 1.82) is 0 Å².